The van der Waals surface area contributed by atoms with Crippen LogP contribution in [0.4, 0.5) is 11.4 Å². The van der Waals surface area contributed by atoms with Crippen LogP contribution in [0.15, 0.2) is 48.5 Å². The van der Waals surface area contributed by atoms with Crippen LogP contribution in [-0.2, 0) is 9.59 Å². The van der Waals surface area contributed by atoms with Crippen LogP contribution in [0.2, 0.25) is 0 Å². The number of amides is 3. The van der Waals surface area contributed by atoms with Crippen LogP contribution in [0.5, 0.6) is 5.75 Å². The molecule has 6 heteroatoms. The third kappa shape index (κ3) is 2.74. The fourth-order valence-electron chi connectivity index (χ4n) is 5.41. The molecule has 2 saturated carbocycles. The van der Waals surface area contributed by atoms with E-state index in [0.717, 1.165) is 19.3 Å². The van der Waals surface area contributed by atoms with Crippen LogP contribution >= 0.6 is 0 Å². The molecule has 1 N–H and O–H groups in total. The summed E-state index contributed by atoms with van der Waals surface area (Å²) in [6.45, 7) is 0. The average Bonchev–Trinajstić information content (AvgIpc) is 3.42. The van der Waals surface area contributed by atoms with Gasteiger partial charge in [-0.15, -0.1) is 0 Å². The van der Waals surface area contributed by atoms with Crippen molar-refractivity contribution in [3.63, 3.8) is 0 Å². The Morgan fingerprint density at radius 1 is 1.00 bits per heavy atom. The average molecular weight is 390 g/mol. The quantitative estimate of drug-likeness (QED) is 0.811. The lowest BCUT2D eigenvalue weighted by Crippen LogP contribution is -2.34. The van der Waals surface area contributed by atoms with Gasteiger partial charge >= 0.3 is 0 Å². The van der Waals surface area contributed by atoms with Gasteiger partial charge in [-0.3, -0.25) is 14.4 Å². The summed E-state index contributed by atoms with van der Waals surface area (Å²) in [4.78, 5) is 40.6. The fraction of sp³-hybridized carbons (Fsp3) is 0.348. The number of para-hydroxylation sites is 1. The maximum absolute atomic E-state index is 13.2. The molecule has 3 fully saturated rings. The van der Waals surface area contributed by atoms with Crippen molar-refractivity contribution in [3.05, 3.63) is 54.1 Å². The van der Waals surface area contributed by atoms with Crippen molar-refractivity contribution < 1.29 is 19.1 Å². The normalized spacial score (nSPS) is 27.3. The van der Waals surface area contributed by atoms with E-state index in [1.165, 1.54) is 4.90 Å². The molecule has 2 aromatic carbocycles. The Hall–Kier alpha value is -3.15. The first-order chi connectivity index (χ1) is 14.1. The molecule has 0 unspecified atom stereocenters. The molecule has 5 rings (SSSR count). The second kappa shape index (κ2) is 6.72. The largest absolute Gasteiger partial charge is 0.497 e. The van der Waals surface area contributed by atoms with Crippen molar-refractivity contribution in [2.45, 2.75) is 19.3 Å². The molecular weight excluding hydrogens is 368 g/mol. The lowest BCUT2D eigenvalue weighted by Gasteiger charge is -2.20. The van der Waals surface area contributed by atoms with Gasteiger partial charge in [0.05, 0.1) is 30.2 Å². The Morgan fingerprint density at radius 2 is 1.69 bits per heavy atom. The molecule has 0 radical (unpaired) electrons. The maximum Gasteiger partial charge on any atom is 0.257 e. The van der Waals surface area contributed by atoms with Gasteiger partial charge in [-0.1, -0.05) is 18.2 Å². The fourth-order valence-corrected chi connectivity index (χ4v) is 5.41. The van der Waals surface area contributed by atoms with Crippen molar-refractivity contribution in [2.75, 3.05) is 17.3 Å². The van der Waals surface area contributed by atoms with Crippen LogP contribution < -0.4 is 15.0 Å². The molecule has 2 aliphatic carbocycles. The Balaban J connectivity index is 1.46. The minimum absolute atomic E-state index is 0.145. The third-order valence-corrected chi connectivity index (χ3v) is 6.64. The number of hydrogen-bond acceptors (Lipinski definition) is 4. The number of imide groups is 1. The van der Waals surface area contributed by atoms with E-state index in [1.54, 1.807) is 55.6 Å². The molecule has 0 spiro atoms. The summed E-state index contributed by atoms with van der Waals surface area (Å²) in [6, 6.07) is 13.9. The van der Waals surface area contributed by atoms with Crippen molar-refractivity contribution in [2.24, 2.45) is 23.7 Å². The van der Waals surface area contributed by atoms with Crippen LogP contribution in [-0.4, -0.2) is 24.8 Å². The van der Waals surface area contributed by atoms with Crippen molar-refractivity contribution in [3.8, 4) is 5.75 Å². The van der Waals surface area contributed by atoms with E-state index in [4.69, 9.17) is 4.74 Å². The Labute approximate surface area is 168 Å². The second-order valence-electron chi connectivity index (χ2n) is 8.10. The van der Waals surface area contributed by atoms with Crippen molar-refractivity contribution in [1.82, 2.24) is 0 Å². The van der Waals surface area contributed by atoms with E-state index < -0.39 is 0 Å². The maximum atomic E-state index is 13.2. The summed E-state index contributed by atoms with van der Waals surface area (Å²) in [5, 5.41) is 2.84. The Bertz CT molecular complexity index is 989. The third-order valence-electron chi connectivity index (χ3n) is 6.64. The number of nitrogens with one attached hydrogen (secondary N) is 1. The Morgan fingerprint density at radius 3 is 2.38 bits per heavy atom. The standard InChI is InChI=1S/C23H22N2O4/c1-29-16-6-4-5-15(12-16)24-21(26)17-7-2-3-8-18(17)25-22(27)19-13-9-10-14(11-13)20(19)23(25)28/h2-8,12-14,19-20H,9-11H2,1H3,(H,24,26)/t13-,14-,19-,20-/m0/s1. The summed E-state index contributed by atoms with van der Waals surface area (Å²) in [7, 11) is 1.56. The first-order valence-electron chi connectivity index (χ1n) is 10.0. The summed E-state index contributed by atoms with van der Waals surface area (Å²) in [5.74, 6) is 0.168. The molecule has 3 aliphatic rings. The Kier molecular flexibility index (Phi) is 4.15. The topological polar surface area (TPSA) is 75.7 Å². The number of hydrogen-bond donors (Lipinski definition) is 1. The number of nitrogens with zero attached hydrogens (tertiary/aromatic N) is 1. The number of benzene rings is 2. The van der Waals surface area contributed by atoms with E-state index in [9.17, 15) is 14.4 Å². The van der Waals surface area contributed by atoms with Gasteiger partial charge in [0.25, 0.3) is 5.91 Å². The van der Waals surface area contributed by atoms with E-state index in [-0.39, 0.29) is 29.6 Å². The molecule has 2 aromatic rings. The summed E-state index contributed by atoms with van der Waals surface area (Å²) >= 11 is 0. The van der Waals surface area contributed by atoms with Gasteiger partial charge < -0.3 is 10.1 Å². The van der Waals surface area contributed by atoms with Crippen LogP contribution in [0.3, 0.4) is 0 Å². The van der Waals surface area contributed by atoms with Gasteiger partial charge in [-0.25, -0.2) is 4.90 Å². The number of carbonyl (C=O) groups is 3. The molecule has 1 aliphatic heterocycles. The summed E-state index contributed by atoms with van der Waals surface area (Å²) in [6.07, 6.45) is 3.03. The van der Waals surface area contributed by atoms with Crippen molar-refractivity contribution in [1.29, 1.82) is 0 Å². The van der Waals surface area contributed by atoms with Gasteiger partial charge in [-0.2, -0.15) is 0 Å². The molecule has 4 atom stereocenters. The zero-order chi connectivity index (χ0) is 20.1. The number of ether oxygens (including phenoxy) is 1. The van der Waals surface area contributed by atoms with Gasteiger partial charge in [0, 0.05) is 11.8 Å². The van der Waals surface area contributed by atoms with Gasteiger partial charge in [-0.05, 0) is 55.4 Å². The van der Waals surface area contributed by atoms with E-state index >= 15 is 0 Å². The van der Waals surface area contributed by atoms with Crippen molar-refractivity contribution >= 4 is 29.1 Å². The first-order valence-corrected chi connectivity index (χ1v) is 10.0. The number of anilines is 2. The minimum Gasteiger partial charge on any atom is -0.497 e. The summed E-state index contributed by atoms with van der Waals surface area (Å²) in [5.41, 5.74) is 1.26. The molecule has 148 valence electrons. The minimum atomic E-state index is -0.366. The molecule has 6 nitrogen and oxygen atoms in total. The molecule has 3 amide bonds. The molecule has 29 heavy (non-hydrogen) atoms. The van der Waals surface area contributed by atoms with Gasteiger partial charge in [0.2, 0.25) is 11.8 Å². The molecule has 1 heterocycles. The van der Waals surface area contributed by atoms with Crippen LogP contribution in [0, 0.1) is 23.7 Å². The molecular formula is C23H22N2O4. The first kappa shape index (κ1) is 17.9. The highest BCUT2D eigenvalue weighted by molar-refractivity contribution is 6.25. The number of methoxy groups -OCH3 is 1. The predicted octanol–water partition coefficient (Wildman–Crippen LogP) is 3.48. The number of carbonyl (C=O) groups excluding carboxylic acids is 3. The lowest BCUT2D eigenvalue weighted by molar-refractivity contribution is -0.123. The second-order valence-corrected chi connectivity index (χ2v) is 8.10. The lowest BCUT2D eigenvalue weighted by atomic mass is 9.81. The molecule has 0 aromatic heterocycles. The summed E-state index contributed by atoms with van der Waals surface area (Å²) < 4.78 is 5.19. The zero-order valence-electron chi connectivity index (χ0n) is 16.1. The highest BCUT2D eigenvalue weighted by atomic mass is 16.5. The van der Waals surface area contributed by atoms with Crippen LogP contribution in [0.1, 0.15) is 29.6 Å². The highest BCUT2D eigenvalue weighted by Gasteiger charge is 2.61. The predicted molar refractivity (Wildman–Crippen MR) is 108 cm³/mol. The molecule has 2 bridgehead atoms. The van der Waals surface area contributed by atoms with E-state index in [1.807, 2.05) is 0 Å². The van der Waals surface area contributed by atoms with Gasteiger partial charge in [0.1, 0.15) is 5.75 Å². The number of fused-ring (bicyclic) bond motifs is 5. The number of rotatable bonds is 4. The van der Waals surface area contributed by atoms with E-state index in [2.05, 4.69) is 5.32 Å². The van der Waals surface area contributed by atoms with E-state index in [0.29, 0.717) is 34.5 Å². The zero-order valence-corrected chi connectivity index (χ0v) is 16.1. The smallest absolute Gasteiger partial charge is 0.257 e. The van der Waals surface area contributed by atoms with Crippen LogP contribution in [0.25, 0.3) is 0 Å². The van der Waals surface area contributed by atoms with Gasteiger partial charge in [0.15, 0.2) is 0 Å². The SMILES string of the molecule is COc1cccc(NC(=O)c2ccccc2N2C(=O)[C@H]3[C@H]4CC[C@@H](C4)[C@@H]3C2=O)c1. The highest BCUT2D eigenvalue weighted by Crippen LogP contribution is 2.56. The monoisotopic (exact) mass is 390 g/mol. The molecule has 1 saturated heterocycles.